The summed E-state index contributed by atoms with van der Waals surface area (Å²) in [6.07, 6.45) is 6.58. The fourth-order valence-electron chi connectivity index (χ4n) is 7.21. The molecule has 6 heterocycles. The number of carbonyl (C=O) groups is 1. The Hall–Kier alpha value is -3.59. The van der Waals surface area contributed by atoms with E-state index in [0.717, 1.165) is 61.2 Å². The molecule has 3 aromatic rings. The maximum absolute atomic E-state index is 13.2. The molecule has 4 aliphatic rings. The summed E-state index contributed by atoms with van der Waals surface area (Å²) in [5.74, 6) is 2.30. The van der Waals surface area contributed by atoms with Crippen LogP contribution < -0.4 is 24.7 Å². The van der Waals surface area contributed by atoms with Crippen LogP contribution in [-0.2, 0) is 11.3 Å². The molecule has 9 heteroatoms. The topological polar surface area (TPSA) is 86.1 Å². The van der Waals surface area contributed by atoms with E-state index in [4.69, 9.17) is 14.2 Å². The molecule has 3 saturated heterocycles. The third-order valence-corrected chi connectivity index (χ3v) is 8.90. The molecule has 2 bridgehead atoms. The average Bonchev–Trinajstić information content (AvgIpc) is 3.39. The number of fused-ring (bicyclic) bond motifs is 4. The smallest absolute Gasteiger partial charge is 0.251 e. The number of pyridine rings is 2. The normalized spacial score (nSPS) is 26.4. The summed E-state index contributed by atoms with van der Waals surface area (Å²) in [7, 11) is 1.61. The summed E-state index contributed by atoms with van der Waals surface area (Å²) in [6.45, 7) is 3.25. The second kappa shape index (κ2) is 9.01. The molecule has 2 unspecified atom stereocenters. The Morgan fingerprint density at radius 3 is 2.58 bits per heavy atom. The number of piperidine rings is 1. The van der Waals surface area contributed by atoms with E-state index in [-0.39, 0.29) is 16.9 Å². The number of carbonyl (C=O) groups excluding carboxylic acids is 1. The Morgan fingerprint density at radius 1 is 1.00 bits per heavy atom. The maximum atomic E-state index is 13.2. The van der Waals surface area contributed by atoms with Crippen molar-refractivity contribution in [1.29, 1.82) is 0 Å². The Morgan fingerprint density at radius 2 is 1.79 bits per heavy atom. The maximum Gasteiger partial charge on any atom is 0.251 e. The zero-order valence-corrected chi connectivity index (χ0v) is 21.6. The standard InChI is InChI=1S/C29H32N4O5/c1-36-22-13-24-23(30-17-22)5-7-27(34)32(24)9-8-31-20-2-3-21(31)15-29(14-20)16-28(35)33(18-29)19-4-6-25-26(12-19)38-11-10-37-25/h4-7,12-13,17,20-21H,2-3,8-11,14-16,18H2,1H3. The molecule has 0 radical (unpaired) electrons. The summed E-state index contributed by atoms with van der Waals surface area (Å²) in [4.78, 5) is 35.0. The van der Waals surface area contributed by atoms with Crippen molar-refractivity contribution in [1.82, 2.24) is 14.5 Å². The monoisotopic (exact) mass is 516 g/mol. The largest absolute Gasteiger partial charge is 0.495 e. The molecule has 0 aliphatic carbocycles. The zero-order chi connectivity index (χ0) is 25.9. The summed E-state index contributed by atoms with van der Waals surface area (Å²) in [6, 6.07) is 11.9. The first kappa shape index (κ1) is 23.5. The Balaban J connectivity index is 1.08. The minimum Gasteiger partial charge on any atom is -0.495 e. The molecule has 9 nitrogen and oxygen atoms in total. The van der Waals surface area contributed by atoms with E-state index in [1.807, 2.05) is 33.7 Å². The van der Waals surface area contributed by atoms with Crippen molar-refractivity contribution in [3.63, 3.8) is 0 Å². The van der Waals surface area contributed by atoms with Crippen molar-refractivity contribution < 1.29 is 19.0 Å². The number of hydrogen-bond acceptors (Lipinski definition) is 7. The van der Waals surface area contributed by atoms with E-state index < -0.39 is 0 Å². The Kier molecular flexibility index (Phi) is 5.58. The van der Waals surface area contributed by atoms with Crippen LogP contribution in [0.2, 0.25) is 0 Å². The molecule has 1 aromatic carbocycles. The number of benzene rings is 1. The van der Waals surface area contributed by atoms with E-state index in [2.05, 4.69) is 9.88 Å². The lowest BCUT2D eigenvalue weighted by Gasteiger charge is -2.44. The third-order valence-electron chi connectivity index (χ3n) is 8.90. The summed E-state index contributed by atoms with van der Waals surface area (Å²) in [5, 5.41) is 0. The first-order chi connectivity index (χ1) is 18.5. The molecule has 2 aromatic heterocycles. The molecular formula is C29H32N4O5. The highest BCUT2D eigenvalue weighted by Crippen LogP contribution is 2.51. The van der Waals surface area contributed by atoms with Gasteiger partial charge in [-0.05, 0) is 43.9 Å². The van der Waals surface area contributed by atoms with Crippen LogP contribution in [0, 0.1) is 5.41 Å². The quantitative estimate of drug-likeness (QED) is 0.515. The fraction of sp³-hybridized carbons (Fsp3) is 0.483. The minimum absolute atomic E-state index is 0.000242. The molecule has 7 rings (SSSR count). The van der Waals surface area contributed by atoms with Gasteiger partial charge in [-0.15, -0.1) is 0 Å². The van der Waals surface area contributed by atoms with E-state index >= 15 is 0 Å². The van der Waals surface area contributed by atoms with Crippen LogP contribution in [0.5, 0.6) is 17.2 Å². The van der Waals surface area contributed by atoms with Gasteiger partial charge in [-0.3, -0.25) is 19.5 Å². The van der Waals surface area contributed by atoms with Gasteiger partial charge in [0.05, 0.1) is 24.3 Å². The summed E-state index contributed by atoms with van der Waals surface area (Å²) < 4.78 is 18.6. The lowest BCUT2D eigenvalue weighted by atomic mass is 9.74. The molecular weight excluding hydrogens is 484 g/mol. The predicted octanol–water partition coefficient (Wildman–Crippen LogP) is 3.23. The minimum atomic E-state index is -0.0233. The van der Waals surface area contributed by atoms with Crippen LogP contribution in [0.1, 0.15) is 32.1 Å². The molecule has 198 valence electrons. The van der Waals surface area contributed by atoms with Gasteiger partial charge in [0, 0.05) is 67.4 Å². The van der Waals surface area contributed by atoms with Gasteiger partial charge in [0.2, 0.25) is 5.91 Å². The molecule has 0 saturated carbocycles. The molecule has 1 amide bonds. The highest BCUT2D eigenvalue weighted by molar-refractivity contribution is 5.96. The molecule has 2 atom stereocenters. The van der Waals surface area contributed by atoms with Gasteiger partial charge < -0.3 is 23.7 Å². The predicted molar refractivity (Wildman–Crippen MR) is 142 cm³/mol. The number of rotatable bonds is 5. The molecule has 3 fully saturated rings. The number of amides is 1. The number of anilines is 1. The van der Waals surface area contributed by atoms with Crippen molar-refractivity contribution in [2.24, 2.45) is 5.41 Å². The van der Waals surface area contributed by atoms with Crippen molar-refractivity contribution in [2.45, 2.75) is 50.7 Å². The Bertz CT molecular complexity index is 1460. The number of nitrogens with zero attached hydrogens (tertiary/aromatic N) is 4. The number of methoxy groups -OCH3 is 1. The first-order valence-corrected chi connectivity index (χ1v) is 13.5. The summed E-state index contributed by atoms with van der Waals surface area (Å²) in [5.41, 5.74) is 2.46. The average molecular weight is 517 g/mol. The lowest BCUT2D eigenvalue weighted by Crippen LogP contribution is -2.49. The van der Waals surface area contributed by atoms with Gasteiger partial charge in [-0.2, -0.15) is 0 Å². The van der Waals surface area contributed by atoms with Crippen molar-refractivity contribution in [3.8, 4) is 17.2 Å². The number of aromatic nitrogens is 2. The van der Waals surface area contributed by atoms with Gasteiger partial charge in [0.25, 0.3) is 5.56 Å². The first-order valence-electron chi connectivity index (χ1n) is 13.5. The summed E-state index contributed by atoms with van der Waals surface area (Å²) >= 11 is 0. The highest BCUT2D eigenvalue weighted by Gasteiger charge is 2.53. The van der Waals surface area contributed by atoms with E-state index in [0.29, 0.717) is 49.8 Å². The van der Waals surface area contributed by atoms with Crippen molar-refractivity contribution in [2.75, 3.05) is 38.3 Å². The SMILES string of the molecule is COc1cnc2ccc(=O)n(CCN3C4CCC3CC3(CC(=O)N(c5ccc6c(c5)OCCO6)C3)C4)c2c1. The Labute approximate surface area is 220 Å². The number of hydrogen-bond donors (Lipinski definition) is 0. The van der Waals surface area contributed by atoms with Gasteiger partial charge in [-0.1, -0.05) is 0 Å². The molecule has 4 aliphatic heterocycles. The van der Waals surface area contributed by atoms with Crippen LogP contribution in [-0.4, -0.2) is 65.9 Å². The van der Waals surface area contributed by atoms with Crippen LogP contribution in [0.4, 0.5) is 5.69 Å². The fourth-order valence-corrected chi connectivity index (χ4v) is 7.21. The molecule has 38 heavy (non-hydrogen) atoms. The van der Waals surface area contributed by atoms with E-state index in [1.54, 1.807) is 25.4 Å². The third kappa shape index (κ3) is 3.91. The molecule has 0 N–H and O–H groups in total. The van der Waals surface area contributed by atoms with Gasteiger partial charge >= 0.3 is 0 Å². The van der Waals surface area contributed by atoms with Crippen molar-refractivity contribution >= 4 is 22.6 Å². The second-order valence-corrected chi connectivity index (χ2v) is 11.1. The van der Waals surface area contributed by atoms with Crippen LogP contribution in [0.15, 0.2) is 47.4 Å². The van der Waals surface area contributed by atoms with Gasteiger partial charge in [0.1, 0.15) is 19.0 Å². The van der Waals surface area contributed by atoms with Gasteiger partial charge in [0.15, 0.2) is 11.5 Å². The van der Waals surface area contributed by atoms with E-state index in [9.17, 15) is 9.59 Å². The highest BCUT2D eigenvalue weighted by atomic mass is 16.6. The van der Waals surface area contributed by atoms with Crippen LogP contribution in [0.25, 0.3) is 11.0 Å². The van der Waals surface area contributed by atoms with E-state index in [1.165, 1.54) is 0 Å². The van der Waals surface area contributed by atoms with Gasteiger partial charge in [-0.25, -0.2) is 0 Å². The van der Waals surface area contributed by atoms with Crippen LogP contribution in [0.3, 0.4) is 0 Å². The number of ether oxygens (including phenoxy) is 3. The zero-order valence-electron chi connectivity index (χ0n) is 21.6. The second-order valence-electron chi connectivity index (χ2n) is 11.1. The van der Waals surface area contributed by atoms with Crippen molar-refractivity contribution in [3.05, 3.63) is 52.9 Å². The van der Waals surface area contributed by atoms with Crippen LogP contribution >= 0.6 is 0 Å². The molecule has 1 spiro atoms. The lowest BCUT2D eigenvalue weighted by molar-refractivity contribution is -0.118.